The van der Waals surface area contributed by atoms with Crippen LogP contribution in [0.1, 0.15) is 37.7 Å². The van der Waals surface area contributed by atoms with Crippen LogP contribution in [0.25, 0.3) is 11.1 Å². The molecule has 0 aliphatic rings. The SMILES string of the molecule is CCC(=O)NCCCC(c1ccc(Cl)cc1)C(NS(=O)(=O)c1ccc(-c2ccc(Br)cc2)cc1)C(=O)O. The second-order valence-electron chi connectivity index (χ2n) is 8.47. The molecular formula is C27H28BrClN2O5S. The molecule has 0 bridgehead atoms. The van der Waals surface area contributed by atoms with E-state index in [1.54, 1.807) is 43.3 Å². The van der Waals surface area contributed by atoms with Crippen LogP contribution in [0.3, 0.4) is 0 Å². The number of carbonyl (C=O) groups is 2. The molecule has 7 nitrogen and oxygen atoms in total. The fourth-order valence-electron chi connectivity index (χ4n) is 3.92. The molecule has 0 radical (unpaired) electrons. The van der Waals surface area contributed by atoms with E-state index in [1.807, 2.05) is 24.3 Å². The summed E-state index contributed by atoms with van der Waals surface area (Å²) in [4.78, 5) is 23.8. The van der Waals surface area contributed by atoms with Crippen molar-refractivity contribution in [1.29, 1.82) is 0 Å². The number of carbonyl (C=O) groups excluding carboxylic acids is 1. The summed E-state index contributed by atoms with van der Waals surface area (Å²) in [6.45, 7) is 2.10. The Morgan fingerprint density at radius 1 is 0.946 bits per heavy atom. The van der Waals surface area contributed by atoms with Gasteiger partial charge in [-0.2, -0.15) is 4.72 Å². The Bertz CT molecular complexity index is 1310. The number of benzene rings is 3. The van der Waals surface area contributed by atoms with Crippen LogP contribution in [-0.4, -0.2) is 38.0 Å². The lowest BCUT2D eigenvalue weighted by Crippen LogP contribution is -2.45. The van der Waals surface area contributed by atoms with Crippen LogP contribution in [0, 0.1) is 0 Å². The lowest BCUT2D eigenvalue weighted by atomic mass is 9.88. The highest BCUT2D eigenvalue weighted by atomic mass is 79.9. The van der Waals surface area contributed by atoms with Gasteiger partial charge in [0.15, 0.2) is 0 Å². The van der Waals surface area contributed by atoms with Gasteiger partial charge in [0.1, 0.15) is 6.04 Å². The van der Waals surface area contributed by atoms with Gasteiger partial charge < -0.3 is 10.4 Å². The van der Waals surface area contributed by atoms with E-state index < -0.39 is 28.0 Å². The molecule has 0 fully saturated rings. The normalized spacial score (nSPS) is 13.1. The van der Waals surface area contributed by atoms with E-state index in [-0.39, 0.29) is 10.8 Å². The summed E-state index contributed by atoms with van der Waals surface area (Å²) in [6, 6.07) is 19.1. The first-order chi connectivity index (χ1) is 17.6. The number of halogens is 2. The molecule has 0 aliphatic carbocycles. The Hall–Kier alpha value is -2.72. The summed E-state index contributed by atoms with van der Waals surface area (Å²) in [6.07, 6.45) is 1.14. The van der Waals surface area contributed by atoms with Crippen LogP contribution in [0.2, 0.25) is 5.02 Å². The third-order valence-electron chi connectivity index (χ3n) is 5.93. The second-order valence-corrected chi connectivity index (χ2v) is 11.5. The summed E-state index contributed by atoms with van der Waals surface area (Å²) >= 11 is 9.40. The monoisotopic (exact) mass is 606 g/mol. The van der Waals surface area contributed by atoms with E-state index in [1.165, 1.54) is 12.1 Å². The number of aliphatic carboxylic acids is 1. The maximum Gasteiger partial charge on any atom is 0.322 e. The predicted octanol–water partition coefficient (Wildman–Crippen LogP) is 5.59. The molecule has 3 aromatic rings. The molecule has 0 saturated carbocycles. The molecule has 0 aliphatic heterocycles. The van der Waals surface area contributed by atoms with E-state index in [4.69, 9.17) is 11.6 Å². The van der Waals surface area contributed by atoms with Crippen molar-refractivity contribution >= 4 is 49.4 Å². The number of amides is 1. The number of nitrogens with one attached hydrogen (secondary N) is 2. The largest absolute Gasteiger partial charge is 0.480 e. The Kier molecular flexibility index (Phi) is 10.3. The average molecular weight is 608 g/mol. The summed E-state index contributed by atoms with van der Waals surface area (Å²) in [7, 11) is -4.15. The number of hydrogen-bond donors (Lipinski definition) is 3. The van der Waals surface area contributed by atoms with Gasteiger partial charge in [-0.3, -0.25) is 9.59 Å². The van der Waals surface area contributed by atoms with E-state index >= 15 is 0 Å². The van der Waals surface area contributed by atoms with Gasteiger partial charge in [-0.25, -0.2) is 8.42 Å². The van der Waals surface area contributed by atoms with Crippen molar-refractivity contribution in [3.63, 3.8) is 0 Å². The number of hydrogen-bond acceptors (Lipinski definition) is 4. The number of carboxylic acid groups (broad SMARTS) is 1. The minimum absolute atomic E-state index is 0.0373. The third kappa shape index (κ3) is 8.13. The Morgan fingerprint density at radius 3 is 2.05 bits per heavy atom. The van der Waals surface area contributed by atoms with Gasteiger partial charge in [-0.1, -0.05) is 70.9 Å². The van der Waals surface area contributed by atoms with Crippen LogP contribution in [0.15, 0.2) is 82.2 Å². The highest BCUT2D eigenvalue weighted by Crippen LogP contribution is 2.29. The minimum atomic E-state index is -4.15. The molecule has 0 heterocycles. The zero-order valence-electron chi connectivity index (χ0n) is 20.2. The van der Waals surface area contributed by atoms with E-state index in [2.05, 4.69) is 26.0 Å². The molecule has 0 saturated heterocycles. The number of sulfonamides is 1. The first kappa shape index (κ1) is 28.8. The maximum absolute atomic E-state index is 13.2. The first-order valence-corrected chi connectivity index (χ1v) is 14.4. The summed E-state index contributed by atoms with van der Waals surface area (Å²) in [5, 5.41) is 13.3. The maximum atomic E-state index is 13.2. The van der Waals surface area contributed by atoms with Gasteiger partial charge in [0.25, 0.3) is 0 Å². The van der Waals surface area contributed by atoms with Crippen molar-refractivity contribution in [2.24, 2.45) is 0 Å². The van der Waals surface area contributed by atoms with Crippen molar-refractivity contribution in [3.05, 3.63) is 87.9 Å². The Labute approximate surface area is 230 Å². The van der Waals surface area contributed by atoms with Gasteiger partial charge in [0.2, 0.25) is 15.9 Å². The van der Waals surface area contributed by atoms with Gasteiger partial charge in [0.05, 0.1) is 4.90 Å². The third-order valence-corrected chi connectivity index (χ3v) is 8.16. The molecule has 10 heteroatoms. The molecule has 0 spiro atoms. The van der Waals surface area contributed by atoms with Gasteiger partial charge in [-0.05, 0) is 65.9 Å². The minimum Gasteiger partial charge on any atom is -0.480 e. The molecule has 196 valence electrons. The number of rotatable bonds is 12. The zero-order chi connectivity index (χ0) is 27.0. The van der Waals surface area contributed by atoms with Crippen molar-refractivity contribution in [2.75, 3.05) is 6.54 Å². The molecular weight excluding hydrogens is 580 g/mol. The highest BCUT2D eigenvalue weighted by molar-refractivity contribution is 9.10. The average Bonchev–Trinajstić information content (AvgIpc) is 2.88. The van der Waals surface area contributed by atoms with Crippen LogP contribution >= 0.6 is 27.5 Å². The zero-order valence-corrected chi connectivity index (χ0v) is 23.3. The fraction of sp³-hybridized carbons (Fsp3) is 0.259. The van der Waals surface area contributed by atoms with Crippen molar-refractivity contribution in [3.8, 4) is 11.1 Å². The van der Waals surface area contributed by atoms with Crippen molar-refractivity contribution < 1.29 is 23.1 Å². The molecule has 3 N–H and O–H groups in total. The standard InChI is InChI=1S/C27H28BrClN2O5S/c1-2-25(32)30-17-3-4-24(20-7-13-22(29)14-8-20)26(27(33)34)31-37(35,36)23-15-9-19(10-16-23)18-5-11-21(28)12-6-18/h5-16,24,26,31H,2-4,17H2,1H3,(H,30,32)(H,33,34). The van der Waals surface area contributed by atoms with Crippen LogP contribution in [-0.2, 0) is 19.6 Å². The van der Waals surface area contributed by atoms with Crippen LogP contribution in [0.4, 0.5) is 0 Å². The lowest BCUT2D eigenvalue weighted by Gasteiger charge is -2.25. The molecule has 3 aromatic carbocycles. The second kappa shape index (κ2) is 13.2. The Balaban J connectivity index is 1.84. The van der Waals surface area contributed by atoms with E-state index in [9.17, 15) is 23.1 Å². The fourth-order valence-corrected chi connectivity index (χ4v) is 5.54. The van der Waals surface area contributed by atoms with Gasteiger partial charge >= 0.3 is 5.97 Å². The topological polar surface area (TPSA) is 113 Å². The quantitative estimate of drug-likeness (QED) is 0.232. The molecule has 2 atom stereocenters. The van der Waals surface area contributed by atoms with Crippen LogP contribution in [0.5, 0.6) is 0 Å². The van der Waals surface area contributed by atoms with Crippen molar-refractivity contribution in [1.82, 2.24) is 10.0 Å². The summed E-state index contributed by atoms with van der Waals surface area (Å²) < 4.78 is 29.8. The summed E-state index contributed by atoms with van der Waals surface area (Å²) in [5.41, 5.74) is 2.38. The highest BCUT2D eigenvalue weighted by Gasteiger charge is 2.33. The van der Waals surface area contributed by atoms with Crippen LogP contribution < -0.4 is 10.0 Å². The van der Waals surface area contributed by atoms with Gasteiger partial charge in [0, 0.05) is 28.4 Å². The summed E-state index contributed by atoms with van der Waals surface area (Å²) in [5.74, 6) is -2.09. The molecule has 1 amide bonds. The first-order valence-electron chi connectivity index (χ1n) is 11.7. The van der Waals surface area contributed by atoms with E-state index in [0.717, 1.165) is 15.6 Å². The van der Waals surface area contributed by atoms with Gasteiger partial charge in [-0.15, -0.1) is 0 Å². The smallest absolute Gasteiger partial charge is 0.322 e. The Morgan fingerprint density at radius 2 is 1.51 bits per heavy atom. The molecule has 37 heavy (non-hydrogen) atoms. The predicted molar refractivity (Wildman–Crippen MR) is 148 cm³/mol. The van der Waals surface area contributed by atoms with Crippen molar-refractivity contribution in [2.45, 2.75) is 43.0 Å². The molecule has 3 rings (SSSR count). The molecule has 0 aromatic heterocycles. The molecule has 2 unspecified atom stereocenters. The lowest BCUT2D eigenvalue weighted by molar-refractivity contribution is -0.139. The van der Waals surface area contributed by atoms with E-state index in [0.29, 0.717) is 36.4 Å². The number of carboxylic acids is 1.